The largest absolute Gasteiger partial charge is 0.493 e. The second kappa shape index (κ2) is 7.85. The topological polar surface area (TPSA) is 99.9 Å². The van der Waals surface area contributed by atoms with Crippen molar-refractivity contribution in [2.45, 2.75) is 37.1 Å². The number of carbonyl (C=O) groups excluding carboxylic acids is 2. The standard InChI is InChI=1S/C28H23FN2O5/c1-27-22(32)14-28(36-27,12-13-35-18-9-7-17(29)8-10-18)24-23(27)25(33)31(26(24)34)21-11-6-16(15-30)19-4-2-3-5-20(19)21/h2-11,22-24,32H,12-14H2,1H3/t22?,23-,24+,27-,28+/m1/s1. The molecule has 182 valence electrons. The maximum atomic E-state index is 13.9. The van der Waals surface area contributed by atoms with Crippen LogP contribution in [0.25, 0.3) is 10.8 Å². The third-order valence-corrected chi connectivity index (χ3v) is 7.98. The van der Waals surface area contributed by atoms with Crippen LogP contribution in [0, 0.1) is 29.0 Å². The molecule has 3 aliphatic heterocycles. The zero-order valence-electron chi connectivity index (χ0n) is 19.5. The number of amides is 2. The number of nitriles is 1. The van der Waals surface area contributed by atoms with Crippen molar-refractivity contribution in [3.8, 4) is 11.8 Å². The fourth-order valence-corrected chi connectivity index (χ4v) is 6.31. The van der Waals surface area contributed by atoms with Crippen molar-refractivity contribution in [2.75, 3.05) is 11.5 Å². The maximum absolute atomic E-state index is 13.9. The molecule has 3 saturated heterocycles. The van der Waals surface area contributed by atoms with E-state index in [1.54, 1.807) is 43.3 Å². The van der Waals surface area contributed by atoms with Crippen molar-refractivity contribution in [2.24, 2.45) is 11.8 Å². The Morgan fingerprint density at radius 1 is 1.08 bits per heavy atom. The van der Waals surface area contributed by atoms with Crippen molar-refractivity contribution in [3.05, 3.63) is 72.0 Å². The van der Waals surface area contributed by atoms with Gasteiger partial charge in [0, 0.05) is 23.6 Å². The molecule has 0 aliphatic carbocycles. The first-order valence-corrected chi connectivity index (χ1v) is 11.9. The third kappa shape index (κ3) is 3.03. The van der Waals surface area contributed by atoms with Crippen molar-refractivity contribution >= 4 is 28.3 Å². The molecule has 3 aromatic rings. The van der Waals surface area contributed by atoms with Crippen LogP contribution in [-0.4, -0.2) is 40.8 Å². The molecule has 3 fully saturated rings. The number of aliphatic hydroxyl groups excluding tert-OH is 1. The van der Waals surface area contributed by atoms with Gasteiger partial charge in [-0.3, -0.25) is 9.59 Å². The highest BCUT2D eigenvalue weighted by Crippen LogP contribution is 2.62. The second-order valence-corrected chi connectivity index (χ2v) is 9.88. The number of fused-ring (bicyclic) bond motifs is 6. The van der Waals surface area contributed by atoms with Crippen molar-refractivity contribution in [3.63, 3.8) is 0 Å². The van der Waals surface area contributed by atoms with Gasteiger partial charge in [0.15, 0.2) is 0 Å². The number of nitrogens with zero attached hydrogens (tertiary/aromatic N) is 2. The molecule has 0 saturated carbocycles. The molecule has 3 heterocycles. The average Bonchev–Trinajstić information content (AvgIpc) is 3.41. The van der Waals surface area contributed by atoms with Gasteiger partial charge in [0.2, 0.25) is 11.8 Å². The molecule has 6 rings (SSSR count). The fourth-order valence-electron chi connectivity index (χ4n) is 6.31. The van der Waals surface area contributed by atoms with E-state index in [-0.39, 0.29) is 31.2 Å². The first-order chi connectivity index (χ1) is 17.3. The number of rotatable bonds is 5. The molecule has 7 nitrogen and oxygen atoms in total. The Bertz CT molecular complexity index is 1450. The summed E-state index contributed by atoms with van der Waals surface area (Å²) in [6.45, 7) is 1.86. The van der Waals surface area contributed by atoms with Gasteiger partial charge in [-0.25, -0.2) is 9.29 Å². The molecule has 36 heavy (non-hydrogen) atoms. The summed E-state index contributed by atoms with van der Waals surface area (Å²) in [4.78, 5) is 28.9. The summed E-state index contributed by atoms with van der Waals surface area (Å²) in [5.74, 6) is -2.30. The van der Waals surface area contributed by atoms with E-state index in [1.807, 2.05) is 0 Å². The molecule has 0 aromatic heterocycles. The number of aliphatic hydroxyl groups is 1. The van der Waals surface area contributed by atoms with Crippen LogP contribution in [0.1, 0.15) is 25.3 Å². The van der Waals surface area contributed by atoms with E-state index >= 15 is 0 Å². The monoisotopic (exact) mass is 486 g/mol. The van der Waals surface area contributed by atoms with Crippen molar-refractivity contribution < 1.29 is 28.6 Å². The lowest BCUT2D eigenvalue weighted by Crippen LogP contribution is -2.49. The van der Waals surface area contributed by atoms with Gasteiger partial charge in [0.05, 0.1) is 47.5 Å². The lowest BCUT2D eigenvalue weighted by molar-refractivity contribution is -0.134. The Kier molecular flexibility index (Phi) is 4.94. The summed E-state index contributed by atoms with van der Waals surface area (Å²) in [7, 11) is 0. The lowest BCUT2D eigenvalue weighted by atomic mass is 9.66. The zero-order valence-corrected chi connectivity index (χ0v) is 19.5. The molecule has 3 aromatic carbocycles. The van der Waals surface area contributed by atoms with Crippen LogP contribution >= 0.6 is 0 Å². The Balaban J connectivity index is 1.35. The van der Waals surface area contributed by atoms with Crippen LogP contribution in [0.4, 0.5) is 10.1 Å². The normalized spacial score (nSPS) is 30.6. The molecular formula is C28H23FN2O5. The molecule has 8 heteroatoms. The van der Waals surface area contributed by atoms with Gasteiger partial charge >= 0.3 is 0 Å². The summed E-state index contributed by atoms with van der Waals surface area (Å²) < 4.78 is 25.3. The maximum Gasteiger partial charge on any atom is 0.240 e. The molecular weight excluding hydrogens is 463 g/mol. The molecule has 2 amide bonds. The summed E-state index contributed by atoms with van der Waals surface area (Å²) in [5.41, 5.74) is -1.40. The summed E-state index contributed by atoms with van der Waals surface area (Å²) in [5, 5.41) is 21.7. The highest BCUT2D eigenvalue weighted by molar-refractivity contribution is 6.26. The zero-order chi connectivity index (χ0) is 25.2. The molecule has 3 aliphatic rings. The van der Waals surface area contributed by atoms with E-state index in [2.05, 4.69) is 6.07 Å². The van der Waals surface area contributed by atoms with E-state index in [4.69, 9.17) is 9.47 Å². The van der Waals surface area contributed by atoms with Crippen LogP contribution < -0.4 is 9.64 Å². The minimum atomic E-state index is -1.20. The van der Waals surface area contributed by atoms with Crippen molar-refractivity contribution in [1.29, 1.82) is 5.26 Å². The number of halogens is 1. The van der Waals surface area contributed by atoms with Gasteiger partial charge < -0.3 is 14.6 Å². The average molecular weight is 486 g/mol. The van der Waals surface area contributed by atoms with E-state index < -0.39 is 35.0 Å². The van der Waals surface area contributed by atoms with Gasteiger partial charge in [-0.1, -0.05) is 24.3 Å². The second-order valence-electron chi connectivity index (χ2n) is 9.88. The van der Waals surface area contributed by atoms with Crippen LogP contribution in [0.2, 0.25) is 0 Å². The number of benzene rings is 3. The first kappa shape index (κ1) is 22.7. The summed E-state index contributed by atoms with van der Waals surface area (Å²) in [6, 6.07) is 18.2. The van der Waals surface area contributed by atoms with E-state index in [9.17, 15) is 24.3 Å². The summed E-state index contributed by atoms with van der Waals surface area (Å²) in [6.07, 6.45) is -0.434. The van der Waals surface area contributed by atoms with E-state index in [0.29, 0.717) is 27.8 Å². The van der Waals surface area contributed by atoms with Gasteiger partial charge in [0.1, 0.15) is 17.2 Å². The third-order valence-electron chi connectivity index (χ3n) is 7.98. The highest BCUT2D eigenvalue weighted by atomic mass is 19.1. The quantitative estimate of drug-likeness (QED) is 0.552. The van der Waals surface area contributed by atoms with Crippen LogP contribution in [0.5, 0.6) is 5.75 Å². The predicted octanol–water partition coefficient (Wildman–Crippen LogP) is 3.72. The number of ether oxygens (including phenoxy) is 2. The summed E-state index contributed by atoms with van der Waals surface area (Å²) >= 11 is 0. The van der Waals surface area contributed by atoms with Gasteiger partial charge in [-0.15, -0.1) is 0 Å². The van der Waals surface area contributed by atoms with E-state index in [1.165, 1.54) is 29.2 Å². The number of anilines is 1. The van der Waals surface area contributed by atoms with Gasteiger partial charge in [-0.2, -0.15) is 5.26 Å². The lowest BCUT2D eigenvalue weighted by Gasteiger charge is -2.33. The van der Waals surface area contributed by atoms with Gasteiger partial charge in [-0.05, 0) is 43.3 Å². The first-order valence-electron chi connectivity index (χ1n) is 11.9. The molecule has 0 spiro atoms. The molecule has 1 N–H and O–H groups in total. The Morgan fingerprint density at radius 3 is 2.50 bits per heavy atom. The number of hydrogen-bond donors (Lipinski definition) is 1. The van der Waals surface area contributed by atoms with Gasteiger partial charge in [0.25, 0.3) is 0 Å². The highest BCUT2D eigenvalue weighted by Gasteiger charge is 2.77. The number of hydrogen-bond acceptors (Lipinski definition) is 6. The van der Waals surface area contributed by atoms with Crippen LogP contribution in [-0.2, 0) is 14.3 Å². The minimum absolute atomic E-state index is 0.166. The molecule has 1 unspecified atom stereocenters. The van der Waals surface area contributed by atoms with Crippen molar-refractivity contribution in [1.82, 2.24) is 0 Å². The predicted molar refractivity (Wildman–Crippen MR) is 127 cm³/mol. The Labute approximate surface area is 206 Å². The number of imide groups is 1. The Morgan fingerprint density at radius 2 is 1.78 bits per heavy atom. The van der Waals surface area contributed by atoms with Crippen LogP contribution in [0.15, 0.2) is 60.7 Å². The smallest absolute Gasteiger partial charge is 0.240 e. The van der Waals surface area contributed by atoms with E-state index in [0.717, 1.165) is 0 Å². The number of carbonyl (C=O) groups is 2. The molecule has 5 atom stereocenters. The SMILES string of the molecule is C[C@@]12O[C@@](CCOc3ccc(F)cc3)(CC1O)[C@@H]1C(=O)N(c3ccc(C#N)c4ccccc34)C(=O)[C@@H]12. The Hall–Kier alpha value is -3.80. The molecule has 0 radical (unpaired) electrons. The fraction of sp³-hybridized carbons (Fsp3) is 0.321. The molecule has 2 bridgehead atoms. The van der Waals surface area contributed by atoms with Crippen LogP contribution in [0.3, 0.4) is 0 Å². The minimum Gasteiger partial charge on any atom is -0.493 e.